The summed E-state index contributed by atoms with van der Waals surface area (Å²) in [6, 6.07) is 0. The first kappa shape index (κ1) is 6.20. The lowest BCUT2D eigenvalue weighted by molar-refractivity contribution is -0.143. The normalized spacial score (nSPS) is 44.2. The summed E-state index contributed by atoms with van der Waals surface area (Å²) < 4.78 is 0. The molecule has 2 fully saturated rings. The van der Waals surface area contributed by atoms with Gasteiger partial charge in [-0.3, -0.25) is 4.79 Å². The zero-order valence-electron chi connectivity index (χ0n) is 5.92. The van der Waals surface area contributed by atoms with Crippen LogP contribution in [0.4, 0.5) is 0 Å². The number of aliphatic carboxylic acids is 1. The molecule has 2 rings (SSSR count). The summed E-state index contributed by atoms with van der Waals surface area (Å²) in [5, 5.41) is 8.74. The molecule has 0 heterocycles. The SMILES string of the molecule is O=C(O)[C@@H]1CC2CCC1C2. The van der Waals surface area contributed by atoms with E-state index in [-0.39, 0.29) is 5.92 Å². The standard InChI is InChI=1S/C8H12O2/c9-8(10)7-4-5-1-2-6(7)3-5/h5-7H,1-4H2,(H,9,10)/t5?,6?,7-/m1/s1. The Morgan fingerprint density at radius 2 is 2.10 bits per heavy atom. The number of hydrogen-bond donors (Lipinski definition) is 1. The van der Waals surface area contributed by atoms with Crippen LogP contribution in [0.15, 0.2) is 0 Å². The summed E-state index contributed by atoms with van der Waals surface area (Å²) in [5.41, 5.74) is 0. The Labute approximate surface area is 60.2 Å². The van der Waals surface area contributed by atoms with Crippen molar-refractivity contribution in [1.82, 2.24) is 0 Å². The predicted molar refractivity (Wildman–Crippen MR) is 36.6 cm³/mol. The van der Waals surface area contributed by atoms with Crippen LogP contribution in [0, 0.1) is 17.8 Å². The van der Waals surface area contributed by atoms with Gasteiger partial charge in [-0.25, -0.2) is 0 Å². The van der Waals surface area contributed by atoms with E-state index in [4.69, 9.17) is 5.11 Å². The average Bonchev–Trinajstić information content (AvgIpc) is 2.44. The fraction of sp³-hybridized carbons (Fsp3) is 0.875. The third-order valence-corrected chi connectivity index (χ3v) is 3.06. The average molecular weight is 140 g/mol. The van der Waals surface area contributed by atoms with Crippen molar-refractivity contribution in [3.05, 3.63) is 0 Å². The molecule has 0 saturated heterocycles. The maximum atomic E-state index is 10.6. The summed E-state index contributed by atoms with van der Waals surface area (Å²) in [6.07, 6.45) is 4.60. The lowest BCUT2D eigenvalue weighted by Gasteiger charge is -2.16. The zero-order valence-corrected chi connectivity index (χ0v) is 5.92. The molecule has 2 aliphatic rings. The highest BCUT2D eigenvalue weighted by Crippen LogP contribution is 2.48. The molecule has 2 unspecified atom stereocenters. The first-order valence-electron chi connectivity index (χ1n) is 4.00. The van der Waals surface area contributed by atoms with Crippen molar-refractivity contribution >= 4 is 5.97 Å². The van der Waals surface area contributed by atoms with Gasteiger partial charge in [-0.15, -0.1) is 0 Å². The summed E-state index contributed by atoms with van der Waals surface area (Å²) in [7, 11) is 0. The summed E-state index contributed by atoms with van der Waals surface area (Å²) in [6.45, 7) is 0. The Hall–Kier alpha value is -0.530. The smallest absolute Gasteiger partial charge is 0.306 e. The number of hydrogen-bond acceptors (Lipinski definition) is 1. The molecule has 1 N–H and O–H groups in total. The Balaban J connectivity index is 2.08. The van der Waals surface area contributed by atoms with Crippen molar-refractivity contribution in [2.45, 2.75) is 25.7 Å². The van der Waals surface area contributed by atoms with E-state index < -0.39 is 5.97 Å². The maximum absolute atomic E-state index is 10.6. The number of carboxylic acid groups (broad SMARTS) is 1. The topological polar surface area (TPSA) is 37.3 Å². The molecule has 0 aromatic rings. The molecule has 2 bridgehead atoms. The molecule has 10 heavy (non-hydrogen) atoms. The van der Waals surface area contributed by atoms with Gasteiger partial charge in [0.1, 0.15) is 0 Å². The Bertz CT molecular complexity index is 165. The minimum atomic E-state index is -0.563. The van der Waals surface area contributed by atoms with Crippen LogP contribution in [-0.4, -0.2) is 11.1 Å². The van der Waals surface area contributed by atoms with Crippen LogP contribution in [0.25, 0.3) is 0 Å². The van der Waals surface area contributed by atoms with Crippen molar-refractivity contribution in [3.8, 4) is 0 Å². The molecule has 0 radical (unpaired) electrons. The third-order valence-electron chi connectivity index (χ3n) is 3.06. The molecule has 0 amide bonds. The molecule has 0 aromatic carbocycles. The van der Waals surface area contributed by atoms with Gasteiger partial charge in [0.25, 0.3) is 0 Å². The van der Waals surface area contributed by atoms with E-state index in [0.717, 1.165) is 12.3 Å². The molecule has 2 aliphatic carbocycles. The van der Waals surface area contributed by atoms with E-state index >= 15 is 0 Å². The molecule has 56 valence electrons. The van der Waals surface area contributed by atoms with Crippen LogP contribution in [0.1, 0.15) is 25.7 Å². The largest absolute Gasteiger partial charge is 0.481 e. The van der Waals surface area contributed by atoms with Gasteiger partial charge in [0.15, 0.2) is 0 Å². The molecule has 0 aromatic heterocycles. The van der Waals surface area contributed by atoms with Gasteiger partial charge in [0.2, 0.25) is 0 Å². The van der Waals surface area contributed by atoms with Crippen LogP contribution >= 0.6 is 0 Å². The van der Waals surface area contributed by atoms with Gasteiger partial charge in [-0.2, -0.15) is 0 Å². The first-order valence-corrected chi connectivity index (χ1v) is 4.00. The van der Waals surface area contributed by atoms with Crippen LogP contribution in [-0.2, 0) is 4.79 Å². The molecular weight excluding hydrogens is 128 g/mol. The predicted octanol–water partition coefficient (Wildman–Crippen LogP) is 1.51. The van der Waals surface area contributed by atoms with Crippen LogP contribution in [0.2, 0.25) is 0 Å². The molecular formula is C8H12O2. The van der Waals surface area contributed by atoms with E-state index in [1.807, 2.05) is 0 Å². The summed E-state index contributed by atoms with van der Waals surface area (Å²) in [5.74, 6) is 0.736. The Kier molecular flexibility index (Phi) is 1.22. The first-order chi connectivity index (χ1) is 4.77. The van der Waals surface area contributed by atoms with Gasteiger partial charge in [0.05, 0.1) is 5.92 Å². The van der Waals surface area contributed by atoms with Gasteiger partial charge in [-0.1, -0.05) is 6.42 Å². The Morgan fingerprint density at radius 3 is 2.40 bits per heavy atom. The summed E-state index contributed by atoms with van der Waals surface area (Å²) in [4.78, 5) is 10.6. The molecule has 2 saturated carbocycles. The van der Waals surface area contributed by atoms with Crippen molar-refractivity contribution < 1.29 is 9.90 Å². The second-order valence-electron chi connectivity index (χ2n) is 3.62. The van der Waals surface area contributed by atoms with E-state index in [1.165, 1.54) is 19.3 Å². The zero-order chi connectivity index (χ0) is 7.14. The van der Waals surface area contributed by atoms with Gasteiger partial charge in [-0.05, 0) is 31.1 Å². The van der Waals surface area contributed by atoms with E-state index in [1.54, 1.807) is 0 Å². The number of rotatable bonds is 1. The van der Waals surface area contributed by atoms with Gasteiger partial charge >= 0.3 is 5.97 Å². The third kappa shape index (κ3) is 0.746. The highest BCUT2D eigenvalue weighted by Gasteiger charge is 2.42. The van der Waals surface area contributed by atoms with Gasteiger partial charge in [0, 0.05) is 0 Å². The minimum Gasteiger partial charge on any atom is -0.481 e. The minimum absolute atomic E-state index is 0.0127. The fourth-order valence-electron chi connectivity index (χ4n) is 2.55. The summed E-state index contributed by atoms with van der Waals surface area (Å²) >= 11 is 0. The van der Waals surface area contributed by atoms with E-state index in [2.05, 4.69) is 0 Å². The van der Waals surface area contributed by atoms with Crippen molar-refractivity contribution in [1.29, 1.82) is 0 Å². The molecule has 0 spiro atoms. The second kappa shape index (κ2) is 1.97. The molecule has 0 aliphatic heterocycles. The van der Waals surface area contributed by atoms with Crippen LogP contribution in [0.3, 0.4) is 0 Å². The number of carboxylic acids is 1. The van der Waals surface area contributed by atoms with Gasteiger partial charge < -0.3 is 5.11 Å². The monoisotopic (exact) mass is 140 g/mol. The Morgan fingerprint density at radius 1 is 1.30 bits per heavy atom. The molecule has 2 nitrogen and oxygen atoms in total. The fourth-order valence-corrected chi connectivity index (χ4v) is 2.55. The second-order valence-corrected chi connectivity index (χ2v) is 3.62. The van der Waals surface area contributed by atoms with E-state index in [0.29, 0.717) is 5.92 Å². The quantitative estimate of drug-likeness (QED) is 0.599. The highest BCUT2D eigenvalue weighted by atomic mass is 16.4. The highest BCUT2D eigenvalue weighted by molar-refractivity contribution is 5.71. The van der Waals surface area contributed by atoms with Crippen molar-refractivity contribution in [2.24, 2.45) is 17.8 Å². The van der Waals surface area contributed by atoms with Crippen LogP contribution in [0.5, 0.6) is 0 Å². The van der Waals surface area contributed by atoms with E-state index in [9.17, 15) is 4.79 Å². The lowest BCUT2D eigenvalue weighted by atomic mass is 9.89. The molecule has 2 heteroatoms. The van der Waals surface area contributed by atoms with Crippen molar-refractivity contribution in [2.75, 3.05) is 0 Å². The molecule has 3 atom stereocenters. The maximum Gasteiger partial charge on any atom is 0.306 e. The number of fused-ring (bicyclic) bond motifs is 2. The number of carbonyl (C=O) groups is 1. The van der Waals surface area contributed by atoms with Crippen LogP contribution < -0.4 is 0 Å². The van der Waals surface area contributed by atoms with Crippen molar-refractivity contribution in [3.63, 3.8) is 0 Å². The lowest BCUT2D eigenvalue weighted by Crippen LogP contribution is -2.19.